The van der Waals surface area contributed by atoms with Crippen molar-refractivity contribution in [3.05, 3.63) is 71.0 Å². The van der Waals surface area contributed by atoms with E-state index in [4.69, 9.17) is 0 Å². The monoisotopic (exact) mass is 550 g/mol. The molecule has 7 heteroatoms. The molecule has 32 heavy (non-hydrogen) atoms. The van der Waals surface area contributed by atoms with Crippen molar-refractivity contribution in [2.24, 2.45) is 4.99 Å². The number of hydrogen-bond acceptors (Lipinski definition) is 2. The second kappa shape index (κ2) is 11.1. The minimum absolute atomic E-state index is 0. The molecule has 2 aliphatic rings. The van der Waals surface area contributed by atoms with E-state index in [2.05, 4.69) is 15.6 Å². The maximum absolute atomic E-state index is 14.2. The minimum atomic E-state index is -0.139. The third-order valence-corrected chi connectivity index (χ3v) is 6.42. The summed E-state index contributed by atoms with van der Waals surface area (Å²) in [4.78, 5) is 18.9. The highest BCUT2D eigenvalue weighted by Crippen LogP contribution is 2.48. The number of piperidine rings is 1. The van der Waals surface area contributed by atoms with Gasteiger partial charge >= 0.3 is 0 Å². The van der Waals surface area contributed by atoms with E-state index in [0.29, 0.717) is 19.0 Å². The lowest BCUT2D eigenvalue weighted by Gasteiger charge is -2.26. The number of benzene rings is 2. The van der Waals surface area contributed by atoms with Crippen LogP contribution in [0.25, 0.3) is 0 Å². The molecule has 0 atom stereocenters. The van der Waals surface area contributed by atoms with Gasteiger partial charge in [0.2, 0.25) is 0 Å². The van der Waals surface area contributed by atoms with Gasteiger partial charge in [-0.15, -0.1) is 24.0 Å². The summed E-state index contributed by atoms with van der Waals surface area (Å²) in [5.41, 5.74) is 2.47. The highest BCUT2D eigenvalue weighted by Gasteiger charge is 2.45. The molecule has 5 nitrogen and oxygen atoms in total. The normalized spacial score (nSPS) is 17.3. The van der Waals surface area contributed by atoms with Crippen LogP contribution < -0.4 is 10.6 Å². The van der Waals surface area contributed by atoms with E-state index in [1.807, 2.05) is 41.3 Å². The predicted molar refractivity (Wildman–Crippen MR) is 137 cm³/mol. The first-order valence-electron chi connectivity index (χ1n) is 11.2. The van der Waals surface area contributed by atoms with Crippen LogP contribution >= 0.6 is 24.0 Å². The highest BCUT2D eigenvalue weighted by atomic mass is 127. The van der Waals surface area contributed by atoms with E-state index in [1.54, 1.807) is 13.1 Å². The molecular formula is C25H32FIN4O. The largest absolute Gasteiger partial charge is 0.356 e. The average Bonchev–Trinajstić information content (AvgIpc) is 3.61. The van der Waals surface area contributed by atoms with E-state index < -0.39 is 0 Å². The molecule has 2 aromatic carbocycles. The lowest BCUT2D eigenvalue weighted by atomic mass is 9.95. The Morgan fingerprint density at radius 3 is 2.34 bits per heavy atom. The number of carbonyl (C=O) groups excluding carboxylic acids is 1. The van der Waals surface area contributed by atoms with Gasteiger partial charge in [0, 0.05) is 44.2 Å². The summed E-state index contributed by atoms with van der Waals surface area (Å²) in [6, 6.07) is 14.8. The van der Waals surface area contributed by atoms with Crippen molar-refractivity contribution < 1.29 is 9.18 Å². The lowest BCUT2D eigenvalue weighted by Crippen LogP contribution is -2.41. The number of carbonyl (C=O) groups is 1. The van der Waals surface area contributed by atoms with Crippen LogP contribution in [0.5, 0.6) is 0 Å². The fourth-order valence-electron chi connectivity index (χ4n) is 4.29. The number of hydrogen-bond donors (Lipinski definition) is 2. The third-order valence-electron chi connectivity index (χ3n) is 6.42. The van der Waals surface area contributed by atoms with Crippen LogP contribution in [-0.4, -0.2) is 43.4 Å². The molecule has 1 heterocycles. The van der Waals surface area contributed by atoms with Crippen LogP contribution in [0, 0.1) is 5.82 Å². The van der Waals surface area contributed by atoms with E-state index in [-0.39, 0.29) is 41.1 Å². The smallest absolute Gasteiger partial charge is 0.253 e. The summed E-state index contributed by atoms with van der Waals surface area (Å²) >= 11 is 0. The Hall–Kier alpha value is -2.16. The summed E-state index contributed by atoms with van der Waals surface area (Å²) in [5.74, 6) is 0.680. The maximum atomic E-state index is 14.2. The average molecular weight is 550 g/mol. The van der Waals surface area contributed by atoms with E-state index in [0.717, 1.165) is 55.5 Å². The van der Waals surface area contributed by atoms with Crippen molar-refractivity contribution in [1.29, 1.82) is 0 Å². The Kier molecular flexibility index (Phi) is 8.51. The molecule has 0 spiro atoms. The summed E-state index contributed by atoms with van der Waals surface area (Å²) in [6.45, 7) is 2.97. The Bertz CT molecular complexity index is 937. The molecule has 2 aromatic rings. The van der Waals surface area contributed by atoms with Crippen LogP contribution in [0.2, 0.25) is 0 Å². The number of likely N-dealkylation sites (tertiary alicyclic amines) is 1. The third kappa shape index (κ3) is 5.79. The molecule has 1 aliphatic carbocycles. The molecule has 1 saturated heterocycles. The first-order chi connectivity index (χ1) is 15.1. The molecule has 4 rings (SSSR count). The second-order valence-electron chi connectivity index (χ2n) is 8.59. The Labute approximate surface area is 206 Å². The van der Waals surface area contributed by atoms with E-state index in [1.165, 1.54) is 12.5 Å². The molecule has 2 fully saturated rings. The van der Waals surface area contributed by atoms with Gasteiger partial charge in [-0.2, -0.15) is 0 Å². The van der Waals surface area contributed by atoms with Gasteiger partial charge in [-0.05, 0) is 61.4 Å². The molecule has 1 saturated carbocycles. The SMILES string of the molecule is CN=C(NCc1ccc(C(=O)N2CCCCC2)cc1)NCC1(c2ccccc2F)CC1.I. The van der Waals surface area contributed by atoms with Crippen LogP contribution in [0.15, 0.2) is 53.5 Å². The summed E-state index contributed by atoms with van der Waals surface area (Å²) in [5, 5.41) is 6.67. The zero-order valence-corrected chi connectivity index (χ0v) is 20.9. The standard InChI is InChI=1S/C25H31FN4O.HI/c1-27-24(29-18-25(13-14-25)21-7-3-4-8-22(21)26)28-17-19-9-11-20(12-10-19)23(31)30-15-5-2-6-16-30;/h3-4,7-12H,2,5-6,13-18H2,1H3,(H2,27,28,29);1H. The van der Waals surface area contributed by atoms with Crippen molar-refractivity contribution in [3.8, 4) is 0 Å². The van der Waals surface area contributed by atoms with E-state index in [9.17, 15) is 9.18 Å². The van der Waals surface area contributed by atoms with Gasteiger partial charge in [0.05, 0.1) is 0 Å². The number of amides is 1. The first-order valence-corrected chi connectivity index (χ1v) is 11.2. The molecule has 172 valence electrons. The lowest BCUT2D eigenvalue weighted by molar-refractivity contribution is 0.0724. The Balaban J connectivity index is 0.00000289. The fraction of sp³-hybridized carbons (Fsp3) is 0.440. The number of halogens is 2. The van der Waals surface area contributed by atoms with Crippen molar-refractivity contribution >= 4 is 35.8 Å². The predicted octanol–water partition coefficient (Wildman–Crippen LogP) is 4.47. The Morgan fingerprint density at radius 1 is 1.03 bits per heavy atom. The molecular weight excluding hydrogens is 518 g/mol. The number of aliphatic imine (C=N–C) groups is 1. The van der Waals surface area contributed by atoms with Crippen molar-refractivity contribution in [2.75, 3.05) is 26.7 Å². The van der Waals surface area contributed by atoms with Gasteiger partial charge in [-0.3, -0.25) is 9.79 Å². The molecule has 1 amide bonds. The van der Waals surface area contributed by atoms with Crippen LogP contribution in [0.4, 0.5) is 4.39 Å². The molecule has 0 aromatic heterocycles. The number of nitrogens with one attached hydrogen (secondary N) is 2. The summed E-state index contributed by atoms with van der Waals surface area (Å²) in [7, 11) is 1.73. The zero-order chi connectivity index (χ0) is 21.7. The molecule has 2 N–H and O–H groups in total. The molecule has 0 unspecified atom stereocenters. The molecule has 1 aliphatic heterocycles. The summed E-state index contributed by atoms with van der Waals surface area (Å²) < 4.78 is 14.2. The zero-order valence-electron chi connectivity index (χ0n) is 18.6. The van der Waals surface area contributed by atoms with Crippen molar-refractivity contribution in [1.82, 2.24) is 15.5 Å². The molecule has 0 radical (unpaired) electrons. The quantitative estimate of drug-likeness (QED) is 0.317. The van der Waals surface area contributed by atoms with Gasteiger partial charge in [0.1, 0.15) is 5.82 Å². The second-order valence-corrected chi connectivity index (χ2v) is 8.59. The van der Waals surface area contributed by atoms with Crippen LogP contribution in [0.1, 0.15) is 53.6 Å². The fourth-order valence-corrected chi connectivity index (χ4v) is 4.29. The van der Waals surface area contributed by atoms with Gasteiger partial charge in [-0.1, -0.05) is 30.3 Å². The first kappa shape index (κ1) is 24.5. The summed E-state index contributed by atoms with van der Waals surface area (Å²) in [6.07, 6.45) is 5.36. The van der Waals surface area contributed by atoms with Crippen LogP contribution in [0.3, 0.4) is 0 Å². The van der Waals surface area contributed by atoms with Crippen molar-refractivity contribution in [2.45, 2.75) is 44.1 Å². The van der Waals surface area contributed by atoms with Gasteiger partial charge in [0.25, 0.3) is 5.91 Å². The number of nitrogens with zero attached hydrogens (tertiary/aromatic N) is 2. The number of guanidine groups is 1. The van der Waals surface area contributed by atoms with Crippen molar-refractivity contribution in [3.63, 3.8) is 0 Å². The van der Waals surface area contributed by atoms with E-state index >= 15 is 0 Å². The topological polar surface area (TPSA) is 56.7 Å². The Morgan fingerprint density at radius 2 is 1.72 bits per heavy atom. The van der Waals surface area contributed by atoms with Gasteiger partial charge in [-0.25, -0.2) is 4.39 Å². The molecule has 0 bridgehead atoms. The highest BCUT2D eigenvalue weighted by molar-refractivity contribution is 14.0. The van der Waals surface area contributed by atoms with Gasteiger partial charge in [0.15, 0.2) is 5.96 Å². The number of rotatable bonds is 6. The van der Waals surface area contributed by atoms with Gasteiger partial charge < -0.3 is 15.5 Å². The maximum Gasteiger partial charge on any atom is 0.253 e. The van der Waals surface area contributed by atoms with Crippen LogP contribution in [-0.2, 0) is 12.0 Å². The minimum Gasteiger partial charge on any atom is -0.356 e.